The van der Waals surface area contributed by atoms with Crippen molar-refractivity contribution in [1.29, 1.82) is 0 Å². The first-order valence-corrected chi connectivity index (χ1v) is 54.8. The summed E-state index contributed by atoms with van der Waals surface area (Å²) in [6.07, 6.45) is 0. The predicted molar refractivity (Wildman–Crippen MR) is 604 cm³/mol. The molecule has 10 heteroatoms. The van der Waals surface area contributed by atoms with Gasteiger partial charge in [0.2, 0.25) is 0 Å². The fourth-order valence-corrected chi connectivity index (χ4v) is 33.4. The van der Waals surface area contributed by atoms with Crippen molar-refractivity contribution < 1.29 is 17.7 Å². The maximum atomic E-state index is 7.12. The molecule has 0 aliphatic rings. The molecule has 142 heavy (non-hydrogen) atoms. The third-order valence-electron chi connectivity index (χ3n) is 30.0. The largest absolute Gasteiger partial charge is 0.454 e. The van der Waals surface area contributed by atoms with Gasteiger partial charge in [-0.25, -0.2) is 0 Å². The highest BCUT2D eigenvalue weighted by Crippen LogP contribution is 2.57. The second-order valence-corrected chi connectivity index (χ2v) is 47.0. The van der Waals surface area contributed by atoms with Crippen LogP contribution < -0.4 is 30.0 Å². The van der Waals surface area contributed by atoms with Crippen LogP contribution in [0.5, 0.6) is 0 Å². The molecule has 0 saturated carbocycles. The summed E-state index contributed by atoms with van der Waals surface area (Å²) < 4.78 is 28.2. The molecule has 0 bridgehead atoms. The number of anilines is 12. The first-order chi connectivity index (χ1) is 70.1. The highest BCUT2D eigenvalue weighted by molar-refractivity contribution is 6.99. The van der Waals surface area contributed by atoms with Crippen LogP contribution in [0, 0.1) is 0 Å². The van der Waals surface area contributed by atoms with Gasteiger partial charge in [0.25, 0.3) is 0 Å². The van der Waals surface area contributed by atoms with Crippen molar-refractivity contribution in [3.05, 3.63) is 473 Å². The molecule has 0 N–H and O–H groups in total. The van der Waals surface area contributed by atoms with Crippen LogP contribution in [0.4, 0.5) is 68.2 Å². The first-order valence-electron chi connectivity index (χ1n) is 49.0. The lowest BCUT2D eigenvalue weighted by atomic mass is 9.91. The van der Waals surface area contributed by atoms with Crippen molar-refractivity contribution in [3.63, 3.8) is 0 Å². The lowest BCUT2D eigenvalue weighted by Gasteiger charge is -2.31. The predicted octanol–water partition coefficient (Wildman–Crippen LogP) is 36.8. The molecular weight excluding hydrogens is 1760 g/mol. The van der Waals surface area contributed by atoms with Gasteiger partial charge in [0.1, 0.15) is 22.3 Å². The van der Waals surface area contributed by atoms with E-state index < -0.39 is 16.9 Å². The molecular formula is C132H90N4O4Si2. The van der Waals surface area contributed by atoms with Crippen molar-refractivity contribution >= 4 is 248 Å². The van der Waals surface area contributed by atoms with Crippen LogP contribution in [0.25, 0.3) is 197 Å². The molecule has 0 aliphatic carbocycles. The summed E-state index contributed by atoms with van der Waals surface area (Å²) in [7, 11) is -3.69. The Hall–Kier alpha value is -17.8. The zero-order chi connectivity index (χ0) is 93.9. The number of fused-ring (bicyclic) bond motifs is 12. The minimum Gasteiger partial charge on any atom is -0.454 e. The van der Waals surface area contributed by atoms with Gasteiger partial charge in [0, 0.05) is 86.9 Å². The Morgan fingerprint density at radius 2 is 0.423 bits per heavy atom. The number of nitrogens with zero attached hydrogens (tertiary/aromatic N) is 4. The summed E-state index contributed by atoms with van der Waals surface area (Å²) in [6.45, 7) is 7.73. The van der Waals surface area contributed by atoms with Gasteiger partial charge in [-0.05, 0) is 162 Å². The molecule has 4 aromatic heterocycles. The minimum atomic E-state index is -2.11. The zero-order valence-electron chi connectivity index (χ0n) is 78.2. The van der Waals surface area contributed by atoms with E-state index >= 15 is 0 Å². The molecule has 0 radical (unpaired) electrons. The summed E-state index contributed by atoms with van der Waals surface area (Å²) in [5.41, 5.74) is 29.1. The smallest absolute Gasteiger partial charge is 0.159 e. The molecule has 1 unspecified atom stereocenters. The third-order valence-corrected chi connectivity index (χ3v) is 40.0. The van der Waals surface area contributed by atoms with Crippen molar-refractivity contribution in [3.8, 4) is 44.5 Å². The number of para-hydroxylation sites is 12. The molecule has 4 heterocycles. The van der Waals surface area contributed by atoms with E-state index in [0.29, 0.717) is 0 Å². The zero-order valence-corrected chi connectivity index (χ0v) is 80.4. The number of furan rings is 4. The van der Waals surface area contributed by atoms with Crippen LogP contribution in [0.3, 0.4) is 0 Å². The second kappa shape index (κ2) is 33.0. The average molecular weight is 1850 g/mol. The van der Waals surface area contributed by atoms with Gasteiger partial charge in [0.05, 0.1) is 85.1 Å². The summed E-state index contributed by atoms with van der Waals surface area (Å²) in [4.78, 5) is 9.85. The third kappa shape index (κ3) is 13.2. The van der Waals surface area contributed by atoms with Crippen molar-refractivity contribution in [2.45, 2.75) is 25.3 Å². The highest BCUT2D eigenvalue weighted by Gasteiger charge is 2.34. The van der Waals surface area contributed by atoms with E-state index in [9.17, 15) is 0 Å². The molecule has 8 nitrogen and oxygen atoms in total. The fourth-order valence-electron chi connectivity index (χ4n) is 23.5. The lowest BCUT2D eigenvalue weighted by molar-refractivity contribution is 0.669. The number of benzene rings is 24. The summed E-state index contributed by atoms with van der Waals surface area (Å²) in [6, 6.07) is 174. The van der Waals surface area contributed by atoms with E-state index in [4.69, 9.17) is 17.7 Å². The maximum absolute atomic E-state index is 7.12. The van der Waals surface area contributed by atoms with Crippen LogP contribution in [-0.2, 0) is 0 Å². The van der Waals surface area contributed by atoms with Gasteiger partial charge in [0.15, 0.2) is 22.3 Å². The molecule has 0 fully saturated rings. The Bertz CT molecular complexity index is 9890. The molecule has 0 spiro atoms. The van der Waals surface area contributed by atoms with Gasteiger partial charge >= 0.3 is 0 Å². The minimum absolute atomic E-state index is 0.826. The molecule has 0 aliphatic heterocycles. The van der Waals surface area contributed by atoms with Crippen molar-refractivity contribution in [2.75, 3.05) is 19.6 Å². The van der Waals surface area contributed by atoms with E-state index in [1.54, 1.807) is 0 Å². The van der Waals surface area contributed by atoms with Gasteiger partial charge < -0.3 is 37.3 Å². The number of rotatable bonds is 20. The molecule has 0 amide bonds. The standard InChI is InChI=1S/C132H90N4O4Si2/c1-141(91-70-58-85(59-71-91)95-36-12-20-48-111(95)135(119-52-28-44-103-99-40-16-24-56-123(99)139-131(103)119)115-80-68-89-62-74-105-113(78-66-87-64-76-107(115)127(89)125(87)105)133(109-46-18-10-34-93(109)83-30-6-4-7-31-83)117-50-26-42-101-97-38-14-22-54-121(97)137-129(101)117)82-142(2,3)92-72-60-86(61-73-92)96-37-13-21-49-112(96)136(120-53-29-45-104-100-41-17-25-57-124(100)140-132(104)120)116-81-69-90-63-75-106-114(79-67-88-65-77-108(116)128(90)126(88)106)134(110-47-19-11-35-94(110)84-32-8-5-9-33-84)118-51-27-43-102-98-39-15-23-55-122(98)138-130(102)118/h4-81,141H,82H2,1-3H3. The van der Waals surface area contributed by atoms with Gasteiger partial charge in [-0.15, -0.1) is 0 Å². The van der Waals surface area contributed by atoms with Crippen LogP contribution in [0.15, 0.2) is 491 Å². The van der Waals surface area contributed by atoms with Gasteiger partial charge in [-0.3, -0.25) is 0 Å². The van der Waals surface area contributed by atoms with Crippen LogP contribution >= 0.6 is 0 Å². The van der Waals surface area contributed by atoms with E-state index in [-0.39, 0.29) is 0 Å². The molecule has 1 atom stereocenters. The van der Waals surface area contributed by atoms with Crippen molar-refractivity contribution in [1.82, 2.24) is 0 Å². The van der Waals surface area contributed by atoms with Gasteiger partial charge in [-0.1, -0.05) is 412 Å². The van der Waals surface area contributed by atoms with E-state index in [1.807, 2.05) is 0 Å². The summed E-state index contributed by atoms with van der Waals surface area (Å²) >= 11 is 0. The molecule has 28 aromatic rings. The van der Waals surface area contributed by atoms with E-state index in [0.717, 1.165) is 244 Å². The van der Waals surface area contributed by atoms with Gasteiger partial charge in [-0.2, -0.15) is 0 Å². The quantitative estimate of drug-likeness (QED) is 0.0552. The maximum Gasteiger partial charge on any atom is 0.159 e. The van der Waals surface area contributed by atoms with E-state index in [2.05, 4.69) is 512 Å². The van der Waals surface area contributed by atoms with Crippen LogP contribution in [-0.4, -0.2) is 16.9 Å². The number of hydrogen-bond donors (Lipinski definition) is 0. The monoisotopic (exact) mass is 1850 g/mol. The average Bonchev–Trinajstić information content (AvgIpc) is 1.19. The normalized spacial score (nSPS) is 12.3. The molecule has 0 saturated heterocycles. The van der Waals surface area contributed by atoms with Crippen molar-refractivity contribution in [2.24, 2.45) is 0 Å². The van der Waals surface area contributed by atoms with Crippen LogP contribution in [0.1, 0.15) is 0 Å². The Morgan fingerprint density at radius 1 is 0.190 bits per heavy atom. The Morgan fingerprint density at radius 3 is 0.718 bits per heavy atom. The summed E-state index contributed by atoms with van der Waals surface area (Å²) in [5, 5.41) is 25.4. The summed E-state index contributed by atoms with van der Waals surface area (Å²) in [5.74, 6) is 0. The first kappa shape index (κ1) is 82.5. The highest BCUT2D eigenvalue weighted by atomic mass is 28.4. The molecule has 670 valence electrons. The Labute approximate surface area is 822 Å². The Kier molecular flexibility index (Phi) is 19.1. The van der Waals surface area contributed by atoms with E-state index in [1.165, 1.54) is 37.6 Å². The SMILES string of the molecule is C[SiH](C[Si](C)(C)c1ccc(-c2ccccc2N(c2ccc3ccc4c(N(c5ccccc5-c5ccccc5)c5cccc6c5oc5ccccc56)ccc5ccc2c3c54)c2cccc3c2oc2ccccc23)cc1)c1ccc(-c2ccccc2N(c2ccc3ccc4c(N(c5ccccc5-c5ccccc5)c5cccc6c5oc5ccccc56)ccc5ccc2c3c54)c2cccc3c2oc2ccccc23)cc1. The molecule has 28 rings (SSSR count). The topological polar surface area (TPSA) is 65.5 Å². The second-order valence-electron chi connectivity index (χ2n) is 38.5. The lowest BCUT2D eigenvalue weighted by Crippen LogP contribution is -2.47. The number of hydrogen-bond acceptors (Lipinski definition) is 8. The fraction of sp³-hybridized carbons (Fsp3) is 0.0303. The van der Waals surface area contributed by atoms with Crippen LogP contribution in [0.2, 0.25) is 25.3 Å². The Balaban J connectivity index is 0.528. The molecule has 24 aromatic carbocycles.